The summed E-state index contributed by atoms with van der Waals surface area (Å²) in [5, 5.41) is 8.56. The molecule has 1 aromatic carbocycles. The Hall–Kier alpha value is -1.87. The molecular formula is C16H16O2S. The molecule has 0 saturated heterocycles. The fraction of sp³-hybridized carbons (Fsp3) is 0.188. The zero-order valence-corrected chi connectivity index (χ0v) is 11.4. The molecule has 0 amide bonds. The van der Waals surface area contributed by atoms with E-state index in [1.54, 1.807) is 17.4 Å². The van der Waals surface area contributed by atoms with Crippen molar-refractivity contribution in [3.63, 3.8) is 0 Å². The van der Waals surface area contributed by atoms with Crippen molar-refractivity contribution in [2.45, 2.75) is 19.3 Å². The van der Waals surface area contributed by atoms with Crippen molar-refractivity contribution in [2.75, 3.05) is 0 Å². The van der Waals surface area contributed by atoms with E-state index in [1.165, 1.54) is 10.4 Å². The second kappa shape index (κ2) is 6.90. The summed E-state index contributed by atoms with van der Waals surface area (Å²) in [4.78, 5) is 12.9. The standard InChI is InChI=1S/C16H16O2S/c17-16(18)8-4-7-14-11-12-15(19-14)10-9-13-5-2-1-3-6-13/h1-7,11-12H,8-10H2,(H,17,18). The predicted octanol–water partition coefficient (Wildman–Crippen LogP) is 4.02. The minimum absolute atomic E-state index is 0.0806. The second-order valence-corrected chi connectivity index (χ2v) is 5.49. The molecule has 0 aliphatic rings. The first-order chi connectivity index (χ1) is 9.24. The smallest absolute Gasteiger partial charge is 0.307 e. The highest BCUT2D eigenvalue weighted by molar-refractivity contribution is 7.12. The first-order valence-electron chi connectivity index (χ1n) is 6.25. The van der Waals surface area contributed by atoms with Gasteiger partial charge in [-0.1, -0.05) is 36.4 Å². The molecule has 0 aliphatic heterocycles. The topological polar surface area (TPSA) is 37.3 Å². The third kappa shape index (κ3) is 4.72. The molecule has 0 bridgehead atoms. The molecular weight excluding hydrogens is 256 g/mol. The fourth-order valence-corrected chi connectivity index (χ4v) is 2.75. The molecule has 1 heterocycles. The van der Waals surface area contributed by atoms with Gasteiger partial charge in [-0.2, -0.15) is 0 Å². The van der Waals surface area contributed by atoms with Crippen molar-refractivity contribution >= 4 is 23.4 Å². The number of aryl methyl sites for hydroxylation is 2. The fourth-order valence-electron chi connectivity index (χ4n) is 1.81. The van der Waals surface area contributed by atoms with Gasteiger partial charge in [0.15, 0.2) is 0 Å². The lowest BCUT2D eigenvalue weighted by Crippen LogP contribution is -1.89. The van der Waals surface area contributed by atoms with Crippen LogP contribution in [0.5, 0.6) is 0 Å². The first kappa shape index (κ1) is 13.6. The van der Waals surface area contributed by atoms with Crippen LogP contribution in [0.4, 0.5) is 0 Å². The van der Waals surface area contributed by atoms with Crippen molar-refractivity contribution < 1.29 is 9.90 Å². The van der Waals surface area contributed by atoms with E-state index in [2.05, 4.69) is 30.3 Å². The number of hydrogen-bond acceptors (Lipinski definition) is 2. The summed E-state index contributed by atoms with van der Waals surface area (Å²) in [7, 11) is 0. The Labute approximate surface area is 117 Å². The van der Waals surface area contributed by atoms with Gasteiger partial charge in [0.2, 0.25) is 0 Å². The van der Waals surface area contributed by atoms with Gasteiger partial charge in [-0.05, 0) is 36.6 Å². The summed E-state index contributed by atoms with van der Waals surface area (Å²) >= 11 is 1.72. The van der Waals surface area contributed by atoms with E-state index in [1.807, 2.05) is 18.2 Å². The molecule has 2 aromatic rings. The van der Waals surface area contributed by atoms with Gasteiger partial charge in [0.1, 0.15) is 0 Å². The van der Waals surface area contributed by atoms with Crippen molar-refractivity contribution in [1.29, 1.82) is 0 Å². The predicted molar refractivity (Wildman–Crippen MR) is 79.5 cm³/mol. The van der Waals surface area contributed by atoms with Crippen molar-refractivity contribution in [3.8, 4) is 0 Å². The summed E-state index contributed by atoms with van der Waals surface area (Å²) < 4.78 is 0. The molecule has 19 heavy (non-hydrogen) atoms. The Bertz CT molecular complexity index is 555. The van der Waals surface area contributed by atoms with E-state index in [0.29, 0.717) is 0 Å². The van der Waals surface area contributed by atoms with Crippen LogP contribution in [0.1, 0.15) is 21.7 Å². The quantitative estimate of drug-likeness (QED) is 0.862. The molecule has 0 radical (unpaired) electrons. The van der Waals surface area contributed by atoms with Crippen molar-refractivity contribution in [2.24, 2.45) is 0 Å². The minimum Gasteiger partial charge on any atom is -0.481 e. The van der Waals surface area contributed by atoms with Gasteiger partial charge in [0.25, 0.3) is 0 Å². The Balaban J connectivity index is 1.87. The molecule has 0 spiro atoms. The molecule has 1 aromatic heterocycles. The van der Waals surface area contributed by atoms with Crippen LogP contribution >= 0.6 is 11.3 Å². The molecule has 2 nitrogen and oxygen atoms in total. The van der Waals surface area contributed by atoms with Crippen LogP contribution in [0.15, 0.2) is 48.5 Å². The van der Waals surface area contributed by atoms with E-state index in [0.717, 1.165) is 17.7 Å². The van der Waals surface area contributed by atoms with Gasteiger partial charge in [0, 0.05) is 9.75 Å². The van der Waals surface area contributed by atoms with Gasteiger partial charge in [-0.15, -0.1) is 11.3 Å². The van der Waals surface area contributed by atoms with Crippen LogP contribution in [-0.2, 0) is 17.6 Å². The second-order valence-electron chi connectivity index (χ2n) is 4.29. The Morgan fingerprint density at radius 2 is 1.89 bits per heavy atom. The van der Waals surface area contributed by atoms with Crippen LogP contribution in [0.3, 0.4) is 0 Å². The normalized spacial score (nSPS) is 10.9. The highest BCUT2D eigenvalue weighted by Gasteiger charge is 1.99. The lowest BCUT2D eigenvalue weighted by atomic mass is 10.1. The SMILES string of the molecule is O=C(O)CC=Cc1ccc(CCc2ccccc2)s1. The van der Waals surface area contributed by atoms with Gasteiger partial charge >= 0.3 is 5.97 Å². The first-order valence-corrected chi connectivity index (χ1v) is 7.06. The maximum atomic E-state index is 10.4. The van der Waals surface area contributed by atoms with Crippen LogP contribution in [0.2, 0.25) is 0 Å². The van der Waals surface area contributed by atoms with Crippen LogP contribution in [0.25, 0.3) is 6.08 Å². The monoisotopic (exact) mass is 272 g/mol. The zero-order chi connectivity index (χ0) is 13.5. The Morgan fingerprint density at radius 1 is 1.11 bits per heavy atom. The average molecular weight is 272 g/mol. The molecule has 1 N–H and O–H groups in total. The lowest BCUT2D eigenvalue weighted by molar-refractivity contribution is -0.135. The van der Waals surface area contributed by atoms with Crippen LogP contribution < -0.4 is 0 Å². The third-order valence-corrected chi connectivity index (χ3v) is 3.87. The number of benzene rings is 1. The molecule has 0 atom stereocenters. The van der Waals surface area contributed by atoms with Crippen molar-refractivity contribution in [1.82, 2.24) is 0 Å². The summed E-state index contributed by atoms with van der Waals surface area (Å²) in [6.07, 6.45) is 5.72. The van der Waals surface area contributed by atoms with E-state index in [4.69, 9.17) is 5.11 Å². The number of thiophene rings is 1. The van der Waals surface area contributed by atoms with Gasteiger partial charge < -0.3 is 5.11 Å². The number of hydrogen-bond donors (Lipinski definition) is 1. The summed E-state index contributed by atoms with van der Waals surface area (Å²) in [6, 6.07) is 14.6. The third-order valence-electron chi connectivity index (χ3n) is 2.76. The van der Waals surface area contributed by atoms with Gasteiger partial charge in [0.05, 0.1) is 6.42 Å². The Kier molecular flexibility index (Phi) is 4.93. The van der Waals surface area contributed by atoms with E-state index >= 15 is 0 Å². The largest absolute Gasteiger partial charge is 0.481 e. The number of carboxylic acid groups (broad SMARTS) is 1. The number of carbonyl (C=O) groups is 1. The minimum atomic E-state index is -0.794. The molecule has 3 heteroatoms. The zero-order valence-electron chi connectivity index (χ0n) is 10.6. The molecule has 2 rings (SSSR count). The average Bonchev–Trinajstić information content (AvgIpc) is 2.85. The molecule has 0 saturated carbocycles. The number of rotatable bonds is 6. The number of carboxylic acids is 1. The maximum absolute atomic E-state index is 10.4. The molecule has 0 aliphatic carbocycles. The maximum Gasteiger partial charge on any atom is 0.307 e. The van der Waals surface area contributed by atoms with Crippen molar-refractivity contribution in [3.05, 3.63) is 63.9 Å². The highest BCUT2D eigenvalue weighted by atomic mass is 32.1. The lowest BCUT2D eigenvalue weighted by Gasteiger charge is -1.98. The molecule has 0 fully saturated rings. The van der Waals surface area contributed by atoms with Crippen LogP contribution in [-0.4, -0.2) is 11.1 Å². The van der Waals surface area contributed by atoms with E-state index in [9.17, 15) is 4.79 Å². The number of aliphatic carboxylic acids is 1. The molecule has 98 valence electrons. The van der Waals surface area contributed by atoms with Crippen LogP contribution in [0, 0.1) is 0 Å². The van der Waals surface area contributed by atoms with Gasteiger partial charge in [-0.3, -0.25) is 4.79 Å². The van der Waals surface area contributed by atoms with Gasteiger partial charge in [-0.25, -0.2) is 0 Å². The Morgan fingerprint density at radius 3 is 2.63 bits per heavy atom. The summed E-state index contributed by atoms with van der Waals surface area (Å²) in [5.41, 5.74) is 1.35. The molecule has 0 unspecified atom stereocenters. The highest BCUT2D eigenvalue weighted by Crippen LogP contribution is 2.20. The summed E-state index contributed by atoms with van der Waals surface area (Å²) in [6.45, 7) is 0. The van der Waals surface area contributed by atoms with E-state index in [-0.39, 0.29) is 6.42 Å². The summed E-state index contributed by atoms with van der Waals surface area (Å²) in [5.74, 6) is -0.794. The van der Waals surface area contributed by atoms with E-state index < -0.39 is 5.97 Å².